The zero-order valence-electron chi connectivity index (χ0n) is 13.7. The lowest BCUT2D eigenvalue weighted by Gasteiger charge is -2.03. The molecule has 3 aromatic rings. The van der Waals surface area contributed by atoms with Crippen LogP contribution in [0.2, 0.25) is 0 Å². The number of benzene rings is 2. The zero-order valence-corrected chi connectivity index (χ0v) is 13.7. The van der Waals surface area contributed by atoms with Crippen molar-refractivity contribution in [3.8, 4) is 23.5 Å². The van der Waals surface area contributed by atoms with E-state index in [-0.39, 0.29) is 0 Å². The summed E-state index contributed by atoms with van der Waals surface area (Å²) < 4.78 is 5.23. The first-order chi connectivity index (χ1) is 12.3. The molecule has 0 amide bonds. The number of rotatable bonds is 6. The van der Waals surface area contributed by atoms with Gasteiger partial charge in [0, 0.05) is 5.56 Å². The summed E-state index contributed by atoms with van der Waals surface area (Å²) in [5.74, 6) is 0.707. The quantitative estimate of drug-likeness (QED) is 0.519. The summed E-state index contributed by atoms with van der Waals surface area (Å²) in [4.78, 5) is 13.9. The Kier molecular flexibility index (Phi) is 5.41. The lowest BCUT2D eigenvalue weighted by molar-refractivity contribution is 0.327. The first kappa shape index (κ1) is 16.3. The minimum Gasteiger partial charge on any atom is -0.444 e. The maximum absolute atomic E-state index is 5.23. The summed E-state index contributed by atoms with van der Waals surface area (Å²) in [6, 6.07) is 15.4. The van der Waals surface area contributed by atoms with Gasteiger partial charge in [-0.25, -0.2) is 15.9 Å². The van der Waals surface area contributed by atoms with E-state index in [0.29, 0.717) is 5.76 Å². The van der Waals surface area contributed by atoms with Crippen LogP contribution in [0.1, 0.15) is 12.5 Å². The van der Waals surface area contributed by atoms with Crippen LogP contribution in [0.3, 0.4) is 0 Å². The molecule has 1 aromatic heterocycles. The smallest absolute Gasteiger partial charge is 0.192 e. The molecule has 6 nitrogen and oxygen atoms in total. The van der Waals surface area contributed by atoms with Gasteiger partial charge in [-0.3, -0.25) is 0 Å². The highest BCUT2D eigenvalue weighted by Gasteiger charge is 2.00. The van der Waals surface area contributed by atoms with Crippen molar-refractivity contribution in [2.45, 2.75) is 13.3 Å². The number of hydrogen-bond donors (Lipinski definition) is 2. The van der Waals surface area contributed by atoms with Crippen molar-refractivity contribution in [3.63, 3.8) is 0 Å². The average molecular weight is 335 g/mol. The number of anilines is 2. The highest BCUT2D eigenvalue weighted by atomic mass is 16.7. The first-order valence-electron chi connectivity index (χ1n) is 7.76. The van der Waals surface area contributed by atoms with E-state index < -0.39 is 0 Å². The molecular formula is C19H17N3O3. The maximum atomic E-state index is 5.23. The van der Waals surface area contributed by atoms with Crippen LogP contribution in [0.15, 0.2) is 65.5 Å². The third kappa shape index (κ3) is 4.69. The number of aromatic nitrogens is 1. The van der Waals surface area contributed by atoms with Crippen molar-refractivity contribution in [2.75, 3.05) is 11.0 Å². The molecular weight excluding hydrogens is 318 g/mol. The second-order valence-electron chi connectivity index (χ2n) is 5.11. The van der Waals surface area contributed by atoms with Crippen molar-refractivity contribution in [1.29, 1.82) is 0 Å². The van der Waals surface area contributed by atoms with E-state index >= 15 is 0 Å². The van der Waals surface area contributed by atoms with Crippen molar-refractivity contribution in [2.24, 2.45) is 0 Å². The maximum Gasteiger partial charge on any atom is 0.192 e. The van der Waals surface area contributed by atoms with Crippen LogP contribution < -0.4 is 11.0 Å². The SMILES string of the molecule is CCc1ccc(NOC#CONc2ccc(-c3cnco3)cc2)cc1. The van der Waals surface area contributed by atoms with Gasteiger partial charge in [-0.1, -0.05) is 19.1 Å². The lowest BCUT2D eigenvalue weighted by atomic mass is 10.2. The Morgan fingerprint density at radius 1 is 0.920 bits per heavy atom. The van der Waals surface area contributed by atoms with Gasteiger partial charge in [-0.15, -0.1) is 0 Å². The fraction of sp³-hybridized carbons (Fsp3) is 0.105. The third-order valence-electron chi connectivity index (χ3n) is 3.45. The monoisotopic (exact) mass is 335 g/mol. The zero-order chi connectivity index (χ0) is 17.3. The number of aryl methyl sites for hydroxylation is 1. The van der Waals surface area contributed by atoms with E-state index in [0.717, 1.165) is 23.4 Å². The normalized spacial score (nSPS) is 9.64. The summed E-state index contributed by atoms with van der Waals surface area (Å²) in [5.41, 5.74) is 9.18. The summed E-state index contributed by atoms with van der Waals surface area (Å²) >= 11 is 0. The van der Waals surface area contributed by atoms with Gasteiger partial charge in [0.05, 0.1) is 17.6 Å². The van der Waals surface area contributed by atoms with Crippen LogP contribution in [0.25, 0.3) is 11.3 Å². The molecule has 0 spiro atoms. The van der Waals surface area contributed by atoms with E-state index in [9.17, 15) is 0 Å². The third-order valence-corrected chi connectivity index (χ3v) is 3.45. The standard InChI is InChI=1S/C19H17N3O3/c1-2-15-3-7-17(8-4-15)21-24-11-12-25-22-18-9-5-16(6-10-18)19-13-20-14-23-19/h3-10,13-14,21-22H,2H2,1H3. The molecule has 0 aliphatic carbocycles. The lowest BCUT2D eigenvalue weighted by Crippen LogP contribution is -1.98. The minimum atomic E-state index is 0.707. The minimum absolute atomic E-state index is 0.707. The van der Waals surface area contributed by atoms with Crippen molar-refractivity contribution in [3.05, 3.63) is 66.7 Å². The number of nitrogens with zero attached hydrogens (tertiary/aromatic N) is 1. The van der Waals surface area contributed by atoms with Crippen LogP contribution in [0, 0.1) is 12.2 Å². The predicted octanol–water partition coefficient (Wildman–Crippen LogP) is 4.21. The molecule has 0 aliphatic rings. The molecule has 0 bridgehead atoms. The Labute approximate surface area is 145 Å². The van der Waals surface area contributed by atoms with Crippen molar-refractivity contribution in [1.82, 2.24) is 4.98 Å². The number of oxazole rings is 1. The van der Waals surface area contributed by atoms with Gasteiger partial charge in [-0.05, 0) is 48.4 Å². The summed E-state index contributed by atoms with van der Waals surface area (Å²) in [7, 11) is 0. The van der Waals surface area contributed by atoms with Crippen LogP contribution in [-0.4, -0.2) is 4.98 Å². The molecule has 0 saturated heterocycles. The molecule has 25 heavy (non-hydrogen) atoms. The van der Waals surface area contributed by atoms with Gasteiger partial charge in [-0.2, -0.15) is 0 Å². The predicted molar refractivity (Wildman–Crippen MR) is 95.0 cm³/mol. The molecule has 3 rings (SSSR count). The summed E-state index contributed by atoms with van der Waals surface area (Å²) in [6.45, 7) is 2.11. The van der Waals surface area contributed by atoms with Crippen LogP contribution in [-0.2, 0) is 16.1 Å². The first-order valence-corrected chi connectivity index (χ1v) is 7.76. The molecule has 2 aromatic carbocycles. The molecule has 0 fully saturated rings. The molecule has 2 N–H and O–H groups in total. The fourth-order valence-electron chi connectivity index (χ4n) is 2.08. The molecule has 0 saturated carbocycles. The van der Waals surface area contributed by atoms with E-state index in [1.165, 1.54) is 12.0 Å². The highest BCUT2D eigenvalue weighted by Crippen LogP contribution is 2.20. The topological polar surface area (TPSA) is 68.5 Å². The van der Waals surface area contributed by atoms with E-state index in [2.05, 4.69) is 35.1 Å². The molecule has 6 heteroatoms. The Bertz CT molecular complexity index is 832. The van der Waals surface area contributed by atoms with E-state index in [1.54, 1.807) is 6.20 Å². The Hall–Kier alpha value is -3.59. The Balaban J connectivity index is 1.41. The molecule has 0 radical (unpaired) electrons. The second kappa shape index (κ2) is 8.31. The average Bonchev–Trinajstić information content (AvgIpc) is 3.20. The Morgan fingerprint density at radius 2 is 1.52 bits per heavy atom. The van der Waals surface area contributed by atoms with Crippen molar-refractivity contribution < 1.29 is 14.1 Å². The molecule has 0 unspecified atom stereocenters. The van der Waals surface area contributed by atoms with Crippen LogP contribution >= 0.6 is 0 Å². The van der Waals surface area contributed by atoms with Gasteiger partial charge in [0.2, 0.25) is 0 Å². The van der Waals surface area contributed by atoms with E-state index in [1.807, 2.05) is 48.5 Å². The fourth-order valence-corrected chi connectivity index (χ4v) is 2.08. The van der Waals surface area contributed by atoms with Crippen molar-refractivity contribution >= 4 is 11.4 Å². The van der Waals surface area contributed by atoms with Crippen LogP contribution in [0.5, 0.6) is 0 Å². The van der Waals surface area contributed by atoms with Gasteiger partial charge >= 0.3 is 0 Å². The van der Waals surface area contributed by atoms with Gasteiger partial charge in [0.1, 0.15) is 0 Å². The number of hydrogen-bond acceptors (Lipinski definition) is 6. The molecule has 126 valence electrons. The highest BCUT2D eigenvalue weighted by molar-refractivity contribution is 5.60. The van der Waals surface area contributed by atoms with Gasteiger partial charge in [0.15, 0.2) is 24.4 Å². The van der Waals surface area contributed by atoms with Gasteiger partial charge in [0.25, 0.3) is 0 Å². The largest absolute Gasteiger partial charge is 0.444 e. The molecule has 0 atom stereocenters. The van der Waals surface area contributed by atoms with E-state index in [4.69, 9.17) is 14.1 Å². The second-order valence-corrected chi connectivity index (χ2v) is 5.11. The molecule has 1 heterocycles. The molecule has 0 aliphatic heterocycles. The van der Waals surface area contributed by atoms with Crippen LogP contribution in [0.4, 0.5) is 11.4 Å². The van der Waals surface area contributed by atoms with Gasteiger partial charge < -0.3 is 14.1 Å². The number of nitrogens with one attached hydrogen (secondary N) is 2. The summed E-state index contributed by atoms with van der Waals surface area (Å²) in [6.07, 6.45) is 8.84. The summed E-state index contributed by atoms with van der Waals surface area (Å²) in [5, 5.41) is 0. The Morgan fingerprint density at radius 3 is 2.04 bits per heavy atom.